The first-order chi connectivity index (χ1) is 12.1. The SMILES string of the molecule is O=C(Nc1nc(-c2cccnc2)cs1)c1c[nH]c2cc(Br)c(Br)cc12. The van der Waals surface area contributed by atoms with E-state index in [-0.39, 0.29) is 5.91 Å². The Bertz CT molecular complexity index is 1070. The number of hydrogen-bond acceptors (Lipinski definition) is 4. The van der Waals surface area contributed by atoms with Crippen LogP contribution in [0.1, 0.15) is 10.4 Å². The molecule has 4 rings (SSSR count). The highest BCUT2D eigenvalue weighted by atomic mass is 79.9. The van der Waals surface area contributed by atoms with E-state index in [0.29, 0.717) is 10.7 Å². The number of pyridine rings is 1. The lowest BCUT2D eigenvalue weighted by Gasteiger charge is -2.02. The molecule has 124 valence electrons. The van der Waals surface area contributed by atoms with Crippen molar-refractivity contribution in [2.24, 2.45) is 0 Å². The van der Waals surface area contributed by atoms with Gasteiger partial charge in [-0.05, 0) is 56.1 Å². The summed E-state index contributed by atoms with van der Waals surface area (Å²) >= 11 is 8.32. The Labute approximate surface area is 163 Å². The number of amides is 1. The second-order valence-electron chi connectivity index (χ2n) is 5.25. The molecule has 0 aliphatic heterocycles. The van der Waals surface area contributed by atoms with Crippen LogP contribution in [0.5, 0.6) is 0 Å². The molecule has 0 unspecified atom stereocenters. The number of fused-ring (bicyclic) bond motifs is 1. The van der Waals surface area contributed by atoms with E-state index in [1.165, 1.54) is 11.3 Å². The van der Waals surface area contributed by atoms with Gasteiger partial charge in [0, 0.05) is 49.4 Å². The van der Waals surface area contributed by atoms with Crippen LogP contribution in [0.3, 0.4) is 0 Å². The molecule has 0 spiro atoms. The summed E-state index contributed by atoms with van der Waals surface area (Å²) in [6.45, 7) is 0. The van der Waals surface area contributed by atoms with Crippen LogP contribution in [0, 0.1) is 0 Å². The van der Waals surface area contributed by atoms with E-state index in [2.05, 4.69) is 52.1 Å². The number of thiazole rings is 1. The number of benzene rings is 1. The lowest BCUT2D eigenvalue weighted by atomic mass is 10.1. The lowest BCUT2D eigenvalue weighted by Crippen LogP contribution is -2.11. The van der Waals surface area contributed by atoms with Crippen LogP contribution in [0.4, 0.5) is 5.13 Å². The summed E-state index contributed by atoms with van der Waals surface area (Å²) in [5.41, 5.74) is 3.16. The molecule has 3 aromatic heterocycles. The fourth-order valence-corrected chi connectivity index (χ4v) is 3.85. The number of aromatic amines is 1. The minimum atomic E-state index is -0.201. The van der Waals surface area contributed by atoms with Crippen LogP contribution < -0.4 is 5.32 Å². The fraction of sp³-hybridized carbons (Fsp3) is 0. The van der Waals surface area contributed by atoms with Crippen LogP contribution in [-0.4, -0.2) is 20.9 Å². The first-order valence-electron chi connectivity index (χ1n) is 7.25. The fourth-order valence-electron chi connectivity index (χ4n) is 2.45. The number of carbonyl (C=O) groups is 1. The van der Waals surface area contributed by atoms with Gasteiger partial charge in [-0.2, -0.15) is 0 Å². The van der Waals surface area contributed by atoms with Gasteiger partial charge in [-0.1, -0.05) is 0 Å². The first-order valence-corrected chi connectivity index (χ1v) is 9.72. The van der Waals surface area contributed by atoms with Crippen molar-refractivity contribution in [2.75, 3.05) is 5.32 Å². The molecular formula is C17H10Br2N4OS. The van der Waals surface area contributed by atoms with E-state index in [1.807, 2.05) is 29.6 Å². The maximum atomic E-state index is 12.6. The van der Waals surface area contributed by atoms with Crippen LogP contribution in [0.15, 0.2) is 57.2 Å². The zero-order chi connectivity index (χ0) is 17.4. The van der Waals surface area contributed by atoms with Gasteiger partial charge < -0.3 is 4.98 Å². The minimum absolute atomic E-state index is 0.201. The van der Waals surface area contributed by atoms with Crippen LogP contribution in [0.25, 0.3) is 22.2 Å². The van der Waals surface area contributed by atoms with Crippen molar-refractivity contribution in [3.8, 4) is 11.3 Å². The first kappa shape index (κ1) is 16.4. The summed E-state index contributed by atoms with van der Waals surface area (Å²) in [6, 6.07) is 7.63. The van der Waals surface area contributed by atoms with Gasteiger partial charge in [-0.25, -0.2) is 4.98 Å². The molecule has 0 aliphatic carbocycles. The molecule has 0 bridgehead atoms. The van der Waals surface area contributed by atoms with Gasteiger partial charge in [-0.3, -0.25) is 15.1 Å². The molecule has 0 atom stereocenters. The van der Waals surface area contributed by atoms with Gasteiger partial charge in [0.25, 0.3) is 5.91 Å². The zero-order valence-corrected chi connectivity index (χ0v) is 16.6. The topological polar surface area (TPSA) is 70.7 Å². The highest BCUT2D eigenvalue weighted by Crippen LogP contribution is 2.31. The number of nitrogens with one attached hydrogen (secondary N) is 2. The summed E-state index contributed by atoms with van der Waals surface area (Å²) in [6.07, 6.45) is 5.16. The molecule has 0 fully saturated rings. The highest BCUT2D eigenvalue weighted by Gasteiger charge is 2.15. The van der Waals surface area contributed by atoms with Crippen molar-refractivity contribution >= 4 is 65.1 Å². The van der Waals surface area contributed by atoms with Crippen molar-refractivity contribution in [1.82, 2.24) is 15.0 Å². The van der Waals surface area contributed by atoms with Crippen molar-refractivity contribution < 1.29 is 4.79 Å². The number of halogens is 2. The third-order valence-corrected chi connectivity index (χ3v) is 6.25. The second-order valence-corrected chi connectivity index (χ2v) is 7.81. The van der Waals surface area contributed by atoms with Crippen molar-refractivity contribution in [3.63, 3.8) is 0 Å². The number of H-pyrrole nitrogens is 1. The zero-order valence-electron chi connectivity index (χ0n) is 12.6. The van der Waals surface area contributed by atoms with Crippen molar-refractivity contribution in [3.05, 3.63) is 62.7 Å². The van der Waals surface area contributed by atoms with Gasteiger partial charge in [0.15, 0.2) is 5.13 Å². The molecule has 3 heterocycles. The van der Waals surface area contributed by atoms with Crippen molar-refractivity contribution in [2.45, 2.75) is 0 Å². The molecule has 0 saturated heterocycles. The van der Waals surface area contributed by atoms with Gasteiger partial charge in [0.1, 0.15) is 0 Å². The standard InChI is InChI=1S/C17H10Br2N4OS/c18-12-4-10-11(7-21-14(10)5-13(12)19)16(24)23-17-22-15(8-25-17)9-2-1-3-20-6-9/h1-8,21H,(H,22,23,24). The van der Waals surface area contributed by atoms with Gasteiger partial charge in [0.05, 0.1) is 11.3 Å². The van der Waals surface area contributed by atoms with E-state index in [1.54, 1.807) is 18.6 Å². The minimum Gasteiger partial charge on any atom is -0.360 e. The Hall–Kier alpha value is -2.03. The molecule has 5 nitrogen and oxygen atoms in total. The number of aromatic nitrogens is 3. The second kappa shape index (κ2) is 6.70. The monoisotopic (exact) mass is 476 g/mol. The number of carbonyl (C=O) groups excluding carboxylic acids is 1. The molecule has 0 aliphatic rings. The summed E-state index contributed by atoms with van der Waals surface area (Å²) in [5.74, 6) is -0.201. The molecule has 1 amide bonds. The summed E-state index contributed by atoms with van der Waals surface area (Å²) < 4.78 is 1.82. The molecule has 8 heteroatoms. The van der Waals surface area contributed by atoms with Crippen LogP contribution in [0.2, 0.25) is 0 Å². The normalized spacial score (nSPS) is 11.0. The van der Waals surface area contributed by atoms with Crippen molar-refractivity contribution in [1.29, 1.82) is 0 Å². The number of anilines is 1. The molecule has 4 aromatic rings. The highest BCUT2D eigenvalue weighted by molar-refractivity contribution is 9.13. The Morgan fingerprint density at radius 1 is 1.24 bits per heavy atom. The van der Waals surface area contributed by atoms with E-state index in [4.69, 9.17) is 0 Å². The molecule has 1 aromatic carbocycles. The Balaban J connectivity index is 1.61. The third kappa shape index (κ3) is 3.24. The largest absolute Gasteiger partial charge is 0.360 e. The predicted octanol–water partition coefficient (Wildman–Crippen LogP) is 5.46. The van der Waals surface area contributed by atoms with Gasteiger partial charge >= 0.3 is 0 Å². The number of rotatable bonds is 3. The molecule has 2 N–H and O–H groups in total. The molecular weight excluding hydrogens is 468 g/mol. The van der Waals surface area contributed by atoms with Gasteiger partial charge in [0.2, 0.25) is 0 Å². The third-order valence-electron chi connectivity index (χ3n) is 3.65. The Morgan fingerprint density at radius 3 is 2.88 bits per heavy atom. The Kier molecular flexibility index (Phi) is 4.41. The van der Waals surface area contributed by atoms with E-state index < -0.39 is 0 Å². The predicted molar refractivity (Wildman–Crippen MR) is 107 cm³/mol. The summed E-state index contributed by atoms with van der Waals surface area (Å²) in [4.78, 5) is 24.3. The van der Waals surface area contributed by atoms with Crippen LogP contribution in [-0.2, 0) is 0 Å². The van der Waals surface area contributed by atoms with E-state index in [0.717, 1.165) is 31.1 Å². The lowest BCUT2D eigenvalue weighted by molar-refractivity contribution is 0.102. The van der Waals surface area contributed by atoms with Crippen LogP contribution >= 0.6 is 43.2 Å². The van der Waals surface area contributed by atoms with Gasteiger partial charge in [-0.15, -0.1) is 11.3 Å². The summed E-state index contributed by atoms with van der Waals surface area (Å²) in [5, 5.41) is 6.15. The molecule has 0 saturated carbocycles. The number of hydrogen-bond donors (Lipinski definition) is 2. The van der Waals surface area contributed by atoms with E-state index in [9.17, 15) is 4.79 Å². The average Bonchev–Trinajstić information content (AvgIpc) is 3.23. The smallest absolute Gasteiger partial charge is 0.259 e. The molecule has 25 heavy (non-hydrogen) atoms. The maximum absolute atomic E-state index is 12.6. The summed E-state index contributed by atoms with van der Waals surface area (Å²) in [7, 11) is 0. The van der Waals surface area contributed by atoms with E-state index >= 15 is 0 Å². The number of nitrogens with zero attached hydrogens (tertiary/aromatic N) is 2. The quantitative estimate of drug-likeness (QED) is 0.411. The molecule has 0 radical (unpaired) electrons. The Morgan fingerprint density at radius 2 is 2.08 bits per heavy atom. The maximum Gasteiger partial charge on any atom is 0.259 e. The average molecular weight is 478 g/mol.